The number of nitrogens with zero attached hydrogens (tertiary/aromatic N) is 1. The second-order valence-corrected chi connectivity index (χ2v) is 9.11. The second-order valence-electron chi connectivity index (χ2n) is 9.11. The number of carboxylic acid groups (broad SMARTS) is 1. The third kappa shape index (κ3) is 7.67. The molecule has 0 spiro atoms. The standard InChI is InChI=1S/C24H35N5O7/c1-3-13(2)20(28-21(32)16(25)12-19(26)31)23(34)29-10-4-5-18(29)22(33)27-17(24(35)36)11-14-6-8-15(30)9-7-14/h6-9,13,16-18,20,30H,3-5,10-12,25H2,1-2H3,(H2,26,31)(H,27,33)(H,28,32)(H,35,36). The number of nitrogens with two attached hydrogens (primary N) is 2. The van der Waals surface area contributed by atoms with Crippen LogP contribution in [0.25, 0.3) is 0 Å². The topological polar surface area (TPSA) is 205 Å². The molecule has 198 valence electrons. The van der Waals surface area contributed by atoms with Gasteiger partial charge in [0.05, 0.1) is 12.5 Å². The van der Waals surface area contributed by atoms with Gasteiger partial charge in [-0.05, 0) is 36.5 Å². The average Bonchev–Trinajstić information content (AvgIpc) is 3.32. The van der Waals surface area contributed by atoms with E-state index in [0.717, 1.165) is 0 Å². The van der Waals surface area contributed by atoms with Crippen LogP contribution in [0.15, 0.2) is 24.3 Å². The van der Waals surface area contributed by atoms with Crippen LogP contribution in [-0.2, 0) is 30.4 Å². The molecule has 0 aromatic heterocycles. The maximum atomic E-state index is 13.4. The maximum Gasteiger partial charge on any atom is 0.326 e. The van der Waals surface area contributed by atoms with Gasteiger partial charge in [0, 0.05) is 13.0 Å². The number of hydrogen-bond donors (Lipinski definition) is 6. The fourth-order valence-corrected chi connectivity index (χ4v) is 4.07. The van der Waals surface area contributed by atoms with Crippen molar-refractivity contribution in [1.82, 2.24) is 15.5 Å². The largest absolute Gasteiger partial charge is 0.508 e. The number of phenols is 1. The number of carbonyl (C=O) groups is 5. The van der Waals surface area contributed by atoms with E-state index in [1.165, 1.54) is 17.0 Å². The van der Waals surface area contributed by atoms with E-state index in [4.69, 9.17) is 11.5 Å². The minimum Gasteiger partial charge on any atom is -0.508 e. The number of phenolic OH excluding ortho intramolecular Hbond substituents is 1. The Morgan fingerprint density at radius 2 is 1.78 bits per heavy atom. The summed E-state index contributed by atoms with van der Waals surface area (Å²) in [4.78, 5) is 63.2. The summed E-state index contributed by atoms with van der Waals surface area (Å²) in [5.74, 6) is -4.03. The van der Waals surface area contributed by atoms with Crippen molar-refractivity contribution < 1.29 is 34.2 Å². The Labute approximate surface area is 209 Å². The molecule has 12 heteroatoms. The van der Waals surface area contributed by atoms with Crippen LogP contribution in [0.1, 0.15) is 45.1 Å². The smallest absolute Gasteiger partial charge is 0.326 e. The van der Waals surface area contributed by atoms with Crippen molar-refractivity contribution in [1.29, 1.82) is 0 Å². The van der Waals surface area contributed by atoms with Crippen LogP contribution >= 0.6 is 0 Å². The van der Waals surface area contributed by atoms with Crippen molar-refractivity contribution in [2.45, 2.75) is 70.1 Å². The minimum atomic E-state index is -1.24. The van der Waals surface area contributed by atoms with E-state index >= 15 is 0 Å². The van der Waals surface area contributed by atoms with Crippen molar-refractivity contribution in [3.05, 3.63) is 29.8 Å². The second kappa shape index (κ2) is 12.9. The molecule has 1 heterocycles. The molecule has 8 N–H and O–H groups in total. The third-order valence-electron chi connectivity index (χ3n) is 6.36. The summed E-state index contributed by atoms with van der Waals surface area (Å²) in [6.45, 7) is 3.88. The molecule has 0 saturated carbocycles. The molecule has 1 aromatic rings. The van der Waals surface area contributed by atoms with Crippen molar-refractivity contribution in [3.63, 3.8) is 0 Å². The van der Waals surface area contributed by atoms with Crippen molar-refractivity contribution >= 4 is 29.6 Å². The van der Waals surface area contributed by atoms with Crippen LogP contribution in [0.3, 0.4) is 0 Å². The first-order chi connectivity index (χ1) is 16.9. The summed E-state index contributed by atoms with van der Waals surface area (Å²) in [5.41, 5.74) is 11.4. The number of aromatic hydroxyl groups is 1. The zero-order valence-electron chi connectivity index (χ0n) is 20.5. The molecule has 1 fully saturated rings. The highest BCUT2D eigenvalue weighted by molar-refractivity contribution is 5.95. The summed E-state index contributed by atoms with van der Waals surface area (Å²) in [5, 5.41) is 24.2. The van der Waals surface area contributed by atoms with E-state index in [-0.39, 0.29) is 31.1 Å². The molecule has 1 aromatic carbocycles. The van der Waals surface area contributed by atoms with Crippen LogP contribution in [0.2, 0.25) is 0 Å². The third-order valence-corrected chi connectivity index (χ3v) is 6.36. The van der Waals surface area contributed by atoms with E-state index in [2.05, 4.69) is 10.6 Å². The predicted octanol–water partition coefficient (Wildman–Crippen LogP) is -0.771. The Bertz CT molecular complexity index is 968. The van der Waals surface area contributed by atoms with E-state index in [0.29, 0.717) is 24.8 Å². The van der Waals surface area contributed by atoms with Gasteiger partial charge >= 0.3 is 5.97 Å². The summed E-state index contributed by atoms with van der Waals surface area (Å²) >= 11 is 0. The molecule has 5 atom stereocenters. The summed E-state index contributed by atoms with van der Waals surface area (Å²) < 4.78 is 0. The highest BCUT2D eigenvalue weighted by Gasteiger charge is 2.40. The molecule has 5 unspecified atom stereocenters. The number of likely N-dealkylation sites (tertiary alicyclic amines) is 1. The zero-order valence-corrected chi connectivity index (χ0v) is 20.5. The van der Waals surface area contributed by atoms with Crippen LogP contribution in [0.4, 0.5) is 0 Å². The van der Waals surface area contributed by atoms with E-state index in [1.807, 2.05) is 6.92 Å². The normalized spacial score (nSPS) is 18.5. The number of nitrogens with one attached hydrogen (secondary N) is 2. The molecule has 0 aliphatic carbocycles. The average molecular weight is 506 g/mol. The Morgan fingerprint density at radius 3 is 2.33 bits per heavy atom. The van der Waals surface area contributed by atoms with Gasteiger partial charge in [-0.15, -0.1) is 0 Å². The number of hydrogen-bond acceptors (Lipinski definition) is 7. The number of carbonyl (C=O) groups excluding carboxylic acids is 4. The molecule has 1 saturated heterocycles. The summed E-state index contributed by atoms with van der Waals surface area (Å²) in [6.07, 6.45) is 1.03. The fraction of sp³-hybridized carbons (Fsp3) is 0.542. The van der Waals surface area contributed by atoms with Gasteiger partial charge in [-0.3, -0.25) is 19.2 Å². The number of aliphatic carboxylic acids is 1. The highest BCUT2D eigenvalue weighted by Crippen LogP contribution is 2.22. The fourth-order valence-electron chi connectivity index (χ4n) is 4.07. The van der Waals surface area contributed by atoms with Crippen LogP contribution in [-0.4, -0.2) is 75.4 Å². The lowest BCUT2D eigenvalue weighted by molar-refractivity contribution is -0.145. The molecular weight excluding hydrogens is 470 g/mol. The SMILES string of the molecule is CCC(C)C(NC(=O)C(N)CC(N)=O)C(=O)N1CCCC1C(=O)NC(Cc1ccc(O)cc1)C(=O)O. The highest BCUT2D eigenvalue weighted by atomic mass is 16.4. The predicted molar refractivity (Wildman–Crippen MR) is 129 cm³/mol. The zero-order chi connectivity index (χ0) is 27.0. The van der Waals surface area contributed by atoms with Crippen molar-refractivity contribution in [3.8, 4) is 5.75 Å². The quantitative estimate of drug-likeness (QED) is 0.212. The molecule has 12 nitrogen and oxygen atoms in total. The van der Waals surface area contributed by atoms with Crippen LogP contribution in [0.5, 0.6) is 5.75 Å². The van der Waals surface area contributed by atoms with Crippen LogP contribution < -0.4 is 22.1 Å². The minimum absolute atomic E-state index is 0.00861. The Balaban J connectivity index is 2.14. The van der Waals surface area contributed by atoms with Gasteiger partial charge in [0.15, 0.2) is 0 Å². The van der Waals surface area contributed by atoms with Gasteiger partial charge < -0.3 is 37.2 Å². The van der Waals surface area contributed by atoms with Gasteiger partial charge in [-0.1, -0.05) is 32.4 Å². The van der Waals surface area contributed by atoms with Crippen molar-refractivity contribution in [2.75, 3.05) is 6.54 Å². The summed E-state index contributed by atoms with van der Waals surface area (Å²) in [7, 11) is 0. The molecular formula is C24H35N5O7. The Morgan fingerprint density at radius 1 is 1.14 bits per heavy atom. The number of carboxylic acids is 1. The molecule has 2 rings (SSSR count). The lowest BCUT2D eigenvalue weighted by atomic mass is 9.96. The molecule has 36 heavy (non-hydrogen) atoms. The van der Waals surface area contributed by atoms with Gasteiger partial charge in [0.25, 0.3) is 0 Å². The molecule has 0 radical (unpaired) electrons. The summed E-state index contributed by atoms with van der Waals surface area (Å²) in [6, 6.07) is 1.63. The maximum absolute atomic E-state index is 13.4. The van der Waals surface area contributed by atoms with Crippen LogP contribution in [0, 0.1) is 5.92 Å². The molecule has 4 amide bonds. The van der Waals surface area contributed by atoms with E-state index in [9.17, 15) is 34.2 Å². The van der Waals surface area contributed by atoms with Gasteiger partial charge in [-0.2, -0.15) is 0 Å². The van der Waals surface area contributed by atoms with Crippen molar-refractivity contribution in [2.24, 2.45) is 17.4 Å². The Kier molecular flexibility index (Phi) is 10.2. The molecule has 1 aliphatic heterocycles. The number of primary amides is 1. The van der Waals surface area contributed by atoms with Gasteiger partial charge in [0.2, 0.25) is 23.6 Å². The van der Waals surface area contributed by atoms with E-state index in [1.54, 1.807) is 19.1 Å². The number of rotatable bonds is 12. The van der Waals surface area contributed by atoms with Gasteiger partial charge in [-0.25, -0.2) is 4.79 Å². The monoisotopic (exact) mass is 505 g/mol. The Hall–Kier alpha value is -3.67. The lowest BCUT2D eigenvalue weighted by Crippen LogP contribution is -2.58. The van der Waals surface area contributed by atoms with E-state index < -0.39 is 53.8 Å². The lowest BCUT2D eigenvalue weighted by Gasteiger charge is -2.32. The van der Waals surface area contributed by atoms with Gasteiger partial charge in [0.1, 0.15) is 23.9 Å². The number of amides is 4. The molecule has 1 aliphatic rings. The number of benzene rings is 1. The first kappa shape index (κ1) is 28.6. The molecule has 0 bridgehead atoms. The first-order valence-electron chi connectivity index (χ1n) is 11.9. The first-order valence-corrected chi connectivity index (χ1v) is 11.9.